The summed E-state index contributed by atoms with van der Waals surface area (Å²) in [6.45, 7) is 8.70. The van der Waals surface area contributed by atoms with Crippen molar-refractivity contribution in [2.24, 2.45) is 0 Å². The maximum Gasteiger partial charge on any atom is 0.244 e. The molecule has 10 heteroatoms. The highest BCUT2D eigenvalue weighted by molar-refractivity contribution is 7.92. The Morgan fingerprint density at radius 1 is 1.06 bits per heavy atom. The molecule has 2 rings (SSSR count). The first-order valence-electron chi connectivity index (χ1n) is 10.7. The summed E-state index contributed by atoms with van der Waals surface area (Å²) in [6.07, 6.45) is 0.991. The van der Waals surface area contributed by atoms with E-state index in [0.29, 0.717) is 5.02 Å². The Balaban J connectivity index is 2.43. The maximum atomic E-state index is 13.5. The second-order valence-corrected chi connectivity index (χ2v) is 12.0. The van der Waals surface area contributed by atoms with Crippen molar-refractivity contribution in [3.63, 3.8) is 0 Å². The van der Waals surface area contributed by atoms with Crippen molar-refractivity contribution in [1.82, 2.24) is 10.2 Å². The van der Waals surface area contributed by atoms with Gasteiger partial charge in [0, 0.05) is 17.1 Å². The smallest absolute Gasteiger partial charge is 0.244 e. The highest BCUT2D eigenvalue weighted by atomic mass is 35.5. The number of hydrogen-bond donors (Lipinski definition) is 1. The molecule has 1 unspecified atom stereocenters. The quantitative estimate of drug-likeness (QED) is 0.551. The van der Waals surface area contributed by atoms with Crippen LogP contribution < -0.4 is 9.62 Å². The fraction of sp³-hybridized carbons (Fsp3) is 0.417. The van der Waals surface area contributed by atoms with Crippen molar-refractivity contribution in [3.8, 4) is 0 Å². The number of rotatable bonds is 8. The summed E-state index contributed by atoms with van der Waals surface area (Å²) in [5, 5.41) is 3.31. The monoisotopic (exact) mass is 527 g/mol. The van der Waals surface area contributed by atoms with Crippen LogP contribution in [0.25, 0.3) is 0 Å². The van der Waals surface area contributed by atoms with Gasteiger partial charge in [0.2, 0.25) is 21.8 Å². The van der Waals surface area contributed by atoms with Crippen molar-refractivity contribution in [2.75, 3.05) is 17.1 Å². The summed E-state index contributed by atoms with van der Waals surface area (Å²) in [6, 6.07) is 11.1. The number of benzene rings is 2. The minimum Gasteiger partial charge on any atom is -0.350 e. The van der Waals surface area contributed by atoms with Gasteiger partial charge in [-0.05, 0) is 58.4 Å². The number of sulfonamides is 1. The predicted octanol–water partition coefficient (Wildman–Crippen LogP) is 4.40. The fourth-order valence-corrected chi connectivity index (χ4v) is 4.65. The van der Waals surface area contributed by atoms with E-state index in [0.717, 1.165) is 21.7 Å². The van der Waals surface area contributed by atoms with Gasteiger partial charge < -0.3 is 10.2 Å². The number of amides is 2. The van der Waals surface area contributed by atoms with Gasteiger partial charge in [-0.2, -0.15) is 0 Å². The molecule has 0 spiro atoms. The molecule has 1 atom stereocenters. The number of hydrogen-bond acceptors (Lipinski definition) is 4. The van der Waals surface area contributed by atoms with Crippen molar-refractivity contribution in [1.29, 1.82) is 0 Å². The molecule has 0 saturated heterocycles. The highest BCUT2D eigenvalue weighted by Gasteiger charge is 2.32. The van der Waals surface area contributed by atoms with Gasteiger partial charge in [0.15, 0.2) is 0 Å². The zero-order valence-electron chi connectivity index (χ0n) is 20.2. The molecular formula is C24H31Cl2N3O4S. The lowest BCUT2D eigenvalue weighted by Crippen LogP contribution is -2.54. The van der Waals surface area contributed by atoms with Crippen LogP contribution in [0.4, 0.5) is 5.69 Å². The van der Waals surface area contributed by atoms with Crippen LogP contribution in [0.2, 0.25) is 10.0 Å². The zero-order chi connectivity index (χ0) is 25.8. The predicted molar refractivity (Wildman–Crippen MR) is 138 cm³/mol. The molecular weight excluding hydrogens is 497 g/mol. The van der Waals surface area contributed by atoms with Crippen LogP contribution in [-0.2, 0) is 26.2 Å². The van der Waals surface area contributed by atoms with Gasteiger partial charge in [0.25, 0.3) is 0 Å². The summed E-state index contributed by atoms with van der Waals surface area (Å²) < 4.78 is 26.1. The van der Waals surface area contributed by atoms with Gasteiger partial charge in [-0.3, -0.25) is 13.9 Å². The minimum absolute atomic E-state index is 0.0920. The number of aryl methyl sites for hydroxylation is 1. The third kappa shape index (κ3) is 7.89. The topological polar surface area (TPSA) is 86.8 Å². The van der Waals surface area contributed by atoms with Crippen molar-refractivity contribution in [3.05, 3.63) is 63.6 Å². The lowest BCUT2D eigenvalue weighted by molar-refractivity contribution is -0.140. The van der Waals surface area contributed by atoms with E-state index in [2.05, 4.69) is 5.32 Å². The lowest BCUT2D eigenvalue weighted by Gasteiger charge is -2.33. The van der Waals surface area contributed by atoms with Gasteiger partial charge in [-0.25, -0.2) is 8.42 Å². The van der Waals surface area contributed by atoms with E-state index >= 15 is 0 Å². The average Bonchev–Trinajstić information content (AvgIpc) is 2.69. The Labute approximate surface area is 212 Å². The molecule has 0 saturated carbocycles. The average molecular weight is 529 g/mol. The van der Waals surface area contributed by atoms with Gasteiger partial charge >= 0.3 is 0 Å². The molecule has 0 bridgehead atoms. The summed E-state index contributed by atoms with van der Waals surface area (Å²) in [5.41, 5.74) is 1.49. The molecule has 186 valence electrons. The van der Waals surface area contributed by atoms with E-state index in [4.69, 9.17) is 23.2 Å². The molecule has 0 aliphatic rings. The molecule has 0 aromatic heterocycles. The highest BCUT2D eigenvalue weighted by Crippen LogP contribution is 2.30. The fourth-order valence-electron chi connectivity index (χ4n) is 3.23. The van der Waals surface area contributed by atoms with Crippen LogP contribution in [0, 0.1) is 6.92 Å². The first-order valence-corrected chi connectivity index (χ1v) is 13.3. The zero-order valence-corrected chi connectivity index (χ0v) is 22.6. The van der Waals surface area contributed by atoms with Crippen LogP contribution in [0.15, 0.2) is 42.5 Å². The Bertz CT molecular complexity index is 1150. The molecule has 0 aliphatic carbocycles. The van der Waals surface area contributed by atoms with E-state index in [1.807, 2.05) is 52.0 Å². The Hall–Kier alpha value is -2.29. The Morgan fingerprint density at radius 2 is 1.65 bits per heavy atom. The summed E-state index contributed by atoms with van der Waals surface area (Å²) in [5.74, 6) is -0.892. The van der Waals surface area contributed by atoms with E-state index in [1.165, 1.54) is 23.1 Å². The molecule has 0 fully saturated rings. The first kappa shape index (κ1) is 28.0. The third-order valence-corrected chi connectivity index (χ3v) is 6.66. The second kappa shape index (κ2) is 11.0. The largest absolute Gasteiger partial charge is 0.350 e. The first-order chi connectivity index (χ1) is 15.6. The molecule has 34 heavy (non-hydrogen) atoms. The van der Waals surface area contributed by atoms with E-state index < -0.39 is 34.1 Å². The molecule has 7 nitrogen and oxygen atoms in total. The number of nitrogens with zero attached hydrogens (tertiary/aromatic N) is 2. The van der Waals surface area contributed by atoms with Gasteiger partial charge in [-0.15, -0.1) is 0 Å². The van der Waals surface area contributed by atoms with E-state index in [1.54, 1.807) is 6.92 Å². The number of anilines is 1. The standard InChI is InChI=1S/C24H31Cl2N3O4S/c1-16-7-9-18(10-8-16)14-28(17(2)23(31)27-24(3,4)5)22(30)15-29(34(6,32)33)21-12-11-19(25)13-20(21)26/h7-13,17H,14-15H2,1-6H3,(H,27,31). The van der Waals surface area contributed by atoms with Crippen molar-refractivity contribution >= 4 is 50.7 Å². The second-order valence-electron chi connectivity index (χ2n) is 9.29. The molecule has 0 heterocycles. The van der Waals surface area contributed by atoms with Crippen molar-refractivity contribution < 1.29 is 18.0 Å². The molecule has 2 aromatic carbocycles. The number of halogens is 2. The minimum atomic E-state index is -3.88. The van der Waals surface area contributed by atoms with Gasteiger partial charge in [0.05, 0.1) is 17.0 Å². The van der Waals surface area contributed by atoms with Crippen LogP contribution in [-0.4, -0.2) is 49.5 Å². The van der Waals surface area contributed by atoms with Crippen molar-refractivity contribution in [2.45, 2.75) is 52.7 Å². The van der Waals surface area contributed by atoms with Crippen LogP contribution in [0.5, 0.6) is 0 Å². The Morgan fingerprint density at radius 3 is 2.15 bits per heavy atom. The van der Waals surface area contributed by atoms with E-state index in [9.17, 15) is 18.0 Å². The molecule has 2 amide bonds. The molecule has 0 aliphatic heterocycles. The van der Waals surface area contributed by atoms with E-state index in [-0.39, 0.29) is 23.2 Å². The van der Waals surface area contributed by atoms with Gasteiger partial charge in [0.1, 0.15) is 12.6 Å². The third-order valence-electron chi connectivity index (χ3n) is 5.00. The van der Waals surface area contributed by atoms with Crippen LogP contribution in [0.1, 0.15) is 38.8 Å². The van der Waals surface area contributed by atoms with Crippen LogP contribution >= 0.6 is 23.2 Å². The maximum absolute atomic E-state index is 13.5. The van der Waals surface area contributed by atoms with Gasteiger partial charge in [-0.1, -0.05) is 53.0 Å². The van der Waals surface area contributed by atoms with Crippen LogP contribution in [0.3, 0.4) is 0 Å². The number of nitrogens with one attached hydrogen (secondary N) is 1. The normalized spacial score (nSPS) is 12.7. The Kier molecular flexibility index (Phi) is 9.02. The lowest BCUT2D eigenvalue weighted by atomic mass is 10.1. The summed E-state index contributed by atoms with van der Waals surface area (Å²) in [7, 11) is -3.88. The molecule has 1 N–H and O–H groups in total. The number of carbonyl (C=O) groups excluding carboxylic acids is 2. The molecule has 2 aromatic rings. The summed E-state index contributed by atoms with van der Waals surface area (Å²) in [4.78, 5) is 27.8. The molecule has 0 radical (unpaired) electrons. The number of carbonyl (C=O) groups is 2. The SMILES string of the molecule is Cc1ccc(CN(C(=O)CN(c2ccc(Cl)cc2Cl)S(C)(=O)=O)C(C)C(=O)NC(C)(C)C)cc1. The summed E-state index contributed by atoms with van der Waals surface area (Å²) >= 11 is 12.2.